The summed E-state index contributed by atoms with van der Waals surface area (Å²) in [6.45, 7) is 1.92. The van der Waals surface area contributed by atoms with Crippen molar-refractivity contribution in [1.82, 2.24) is 0 Å². The number of hydrogen-bond acceptors (Lipinski definition) is 4. The van der Waals surface area contributed by atoms with Crippen molar-refractivity contribution in [3.05, 3.63) is 59.7 Å². The molecule has 0 unspecified atom stereocenters. The van der Waals surface area contributed by atoms with Crippen molar-refractivity contribution in [1.29, 1.82) is 0 Å². The van der Waals surface area contributed by atoms with Crippen molar-refractivity contribution in [2.24, 2.45) is 11.7 Å². The van der Waals surface area contributed by atoms with Crippen LogP contribution in [-0.2, 0) is 9.84 Å². The lowest BCUT2D eigenvalue weighted by atomic mass is 10.1. The second kappa shape index (κ2) is 6.18. The van der Waals surface area contributed by atoms with E-state index in [1.54, 1.807) is 31.4 Å². The standard InChI is InChI=1S/C18H19NO3S2/c1-11-3-9-14(10-4-11)24(20,21)17-15(16(17)18(19)23)12-5-7-13(22-2)8-6-12/h3-10,15-17H,1-2H3,(H2,19,23)/t15-,16+,17+/m0/s1. The number of methoxy groups -OCH3 is 1. The molecule has 24 heavy (non-hydrogen) atoms. The van der Waals surface area contributed by atoms with Gasteiger partial charge in [-0.15, -0.1) is 0 Å². The maximum absolute atomic E-state index is 13.0. The van der Waals surface area contributed by atoms with Crippen molar-refractivity contribution in [2.45, 2.75) is 23.0 Å². The zero-order valence-electron chi connectivity index (χ0n) is 13.5. The first-order valence-corrected chi connectivity index (χ1v) is 9.55. The van der Waals surface area contributed by atoms with Crippen LogP contribution in [0, 0.1) is 12.8 Å². The molecule has 126 valence electrons. The summed E-state index contributed by atoms with van der Waals surface area (Å²) in [4.78, 5) is 0.562. The Kier molecular flexibility index (Phi) is 4.36. The summed E-state index contributed by atoms with van der Waals surface area (Å²) in [6, 6.07) is 14.3. The SMILES string of the molecule is COc1ccc([C@H]2[C@@H](C(N)=S)[C@@H]2S(=O)(=O)c2ccc(C)cc2)cc1. The minimum absolute atomic E-state index is 0.209. The minimum atomic E-state index is -3.49. The first-order valence-electron chi connectivity index (χ1n) is 7.60. The normalized spacial score (nSPS) is 22.8. The van der Waals surface area contributed by atoms with Crippen molar-refractivity contribution in [3.63, 3.8) is 0 Å². The van der Waals surface area contributed by atoms with Gasteiger partial charge in [-0.3, -0.25) is 0 Å². The fourth-order valence-corrected chi connectivity index (χ4v) is 5.65. The van der Waals surface area contributed by atoms with Gasteiger partial charge in [-0.2, -0.15) is 0 Å². The molecule has 3 rings (SSSR count). The molecule has 0 spiro atoms. The Morgan fingerprint density at radius 1 is 1.08 bits per heavy atom. The van der Waals surface area contributed by atoms with Crippen LogP contribution in [0.4, 0.5) is 0 Å². The molecule has 0 heterocycles. The molecule has 4 nitrogen and oxygen atoms in total. The number of ether oxygens (including phenoxy) is 1. The number of rotatable bonds is 5. The largest absolute Gasteiger partial charge is 0.497 e. The fourth-order valence-electron chi connectivity index (χ4n) is 3.12. The second-order valence-corrected chi connectivity index (χ2v) is 8.63. The summed E-state index contributed by atoms with van der Waals surface area (Å²) in [5.41, 5.74) is 7.74. The molecular weight excluding hydrogens is 342 g/mol. The Balaban J connectivity index is 1.96. The predicted octanol–water partition coefficient (Wildman–Crippen LogP) is 2.85. The molecule has 0 aliphatic heterocycles. The smallest absolute Gasteiger partial charge is 0.182 e. The second-order valence-electron chi connectivity index (χ2n) is 6.05. The summed E-state index contributed by atoms with van der Waals surface area (Å²) in [5.74, 6) is 0.184. The van der Waals surface area contributed by atoms with Crippen LogP contribution in [0.15, 0.2) is 53.4 Å². The van der Waals surface area contributed by atoms with Gasteiger partial charge in [0, 0.05) is 11.8 Å². The van der Waals surface area contributed by atoms with E-state index in [-0.39, 0.29) is 16.8 Å². The van der Waals surface area contributed by atoms with Crippen LogP contribution in [0.3, 0.4) is 0 Å². The average Bonchev–Trinajstić information content (AvgIpc) is 3.32. The number of benzene rings is 2. The lowest BCUT2D eigenvalue weighted by Crippen LogP contribution is -2.17. The van der Waals surface area contributed by atoms with Crippen LogP contribution in [0.5, 0.6) is 5.75 Å². The van der Waals surface area contributed by atoms with Gasteiger partial charge in [0.05, 0.1) is 22.2 Å². The highest BCUT2D eigenvalue weighted by Crippen LogP contribution is 2.54. The van der Waals surface area contributed by atoms with Crippen LogP contribution in [-0.4, -0.2) is 25.8 Å². The van der Waals surface area contributed by atoms with Gasteiger partial charge in [-0.1, -0.05) is 42.0 Å². The van der Waals surface area contributed by atoms with Crippen LogP contribution in [0.2, 0.25) is 0 Å². The van der Waals surface area contributed by atoms with Gasteiger partial charge in [-0.05, 0) is 36.8 Å². The van der Waals surface area contributed by atoms with E-state index in [1.807, 2.05) is 31.2 Å². The highest BCUT2D eigenvalue weighted by Gasteiger charge is 2.60. The molecule has 2 aromatic rings. The third-order valence-corrected chi connectivity index (χ3v) is 7.00. The monoisotopic (exact) mass is 361 g/mol. The lowest BCUT2D eigenvalue weighted by Gasteiger charge is -2.05. The number of hydrogen-bond donors (Lipinski definition) is 1. The van der Waals surface area contributed by atoms with Crippen LogP contribution in [0.25, 0.3) is 0 Å². The molecule has 1 aliphatic rings. The van der Waals surface area contributed by atoms with Gasteiger partial charge in [0.15, 0.2) is 9.84 Å². The number of aryl methyl sites for hydroxylation is 1. The molecule has 0 bridgehead atoms. The Hall–Kier alpha value is -1.92. The number of sulfone groups is 1. The van der Waals surface area contributed by atoms with E-state index in [1.165, 1.54) is 0 Å². The Morgan fingerprint density at radius 2 is 1.67 bits per heavy atom. The van der Waals surface area contributed by atoms with Gasteiger partial charge in [0.2, 0.25) is 0 Å². The van der Waals surface area contributed by atoms with E-state index in [0.717, 1.165) is 16.9 Å². The van der Waals surface area contributed by atoms with E-state index >= 15 is 0 Å². The lowest BCUT2D eigenvalue weighted by molar-refractivity contribution is 0.414. The number of thiocarbonyl (C=S) groups is 1. The first kappa shape index (κ1) is 16.9. The van der Waals surface area contributed by atoms with Crippen LogP contribution >= 0.6 is 12.2 Å². The van der Waals surface area contributed by atoms with E-state index in [4.69, 9.17) is 22.7 Å². The molecule has 0 aromatic heterocycles. The van der Waals surface area contributed by atoms with Crippen molar-refractivity contribution >= 4 is 27.0 Å². The Bertz CT molecular complexity index is 858. The zero-order chi connectivity index (χ0) is 17.5. The first-order chi connectivity index (χ1) is 11.4. The van der Waals surface area contributed by atoms with Crippen molar-refractivity contribution < 1.29 is 13.2 Å². The Morgan fingerprint density at radius 3 is 2.17 bits per heavy atom. The number of nitrogens with two attached hydrogens (primary N) is 1. The summed E-state index contributed by atoms with van der Waals surface area (Å²) in [6.07, 6.45) is 0. The van der Waals surface area contributed by atoms with Gasteiger partial charge in [-0.25, -0.2) is 8.42 Å². The Labute approximate surface area is 147 Å². The topological polar surface area (TPSA) is 69.4 Å². The molecule has 0 saturated heterocycles. The molecule has 0 amide bonds. The van der Waals surface area contributed by atoms with Gasteiger partial charge < -0.3 is 10.5 Å². The maximum atomic E-state index is 13.0. The van der Waals surface area contributed by atoms with Gasteiger partial charge >= 0.3 is 0 Å². The highest BCUT2D eigenvalue weighted by atomic mass is 32.2. The van der Waals surface area contributed by atoms with E-state index in [0.29, 0.717) is 4.90 Å². The molecule has 1 saturated carbocycles. The highest BCUT2D eigenvalue weighted by molar-refractivity contribution is 7.92. The molecule has 3 atom stereocenters. The van der Waals surface area contributed by atoms with E-state index < -0.39 is 15.1 Å². The molecule has 0 radical (unpaired) electrons. The minimum Gasteiger partial charge on any atom is -0.497 e. The molecular formula is C18H19NO3S2. The third-order valence-electron chi connectivity index (χ3n) is 4.49. The predicted molar refractivity (Wildman–Crippen MR) is 98.2 cm³/mol. The molecule has 2 aromatic carbocycles. The fraction of sp³-hybridized carbons (Fsp3) is 0.278. The molecule has 1 aliphatic carbocycles. The summed E-state index contributed by atoms with van der Waals surface area (Å²) >= 11 is 5.11. The van der Waals surface area contributed by atoms with Crippen molar-refractivity contribution in [2.75, 3.05) is 7.11 Å². The zero-order valence-corrected chi connectivity index (χ0v) is 15.1. The average molecular weight is 361 g/mol. The van der Waals surface area contributed by atoms with E-state index in [2.05, 4.69) is 0 Å². The quantitative estimate of drug-likeness (QED) is 0.830. The van der Waals surface area contributed by atoms with Crippen LogP contribution in [0.1, 0.15) is 17.0 Å². The summed E-state index contributed by atoms with van der Waals surface area (Å²) < 4.78 is 31.1. The third kappa shape index (κ3) is 2.91. The molecule has 2 N–H and O–H groups in total. The molecule has 6 heteroatoms. The summed E-state index contributed by atoms with van der Waals surface area (Å²) in [5, 5.41) is -0.605. The van der Waals surface area contributed by atoms with Gasteiger partial charge in [0.1, 0.15) is 5.75 Å². The molecule has 1 fully saturated rings. The van der Waals surface area contributed by atoms with Crippen LogP contribution < -0.4 is 10.5 Å². The van der Waals surface area contributed by atoms with E-state index in [9.17, 15) is 8.42 Å². The maximum Gasteiger partial charge on any atom is 0.182 e. The van der Waals surface area contributed by atoms with Gasteiger partial charge in [0.25, 0.3) is 0 Å². The van der Waals surface area contributed by atoms with Crippen molar-refractivity contribution in [3.8, 4) is 5.75 Å². The summed E-state index contributed by atoms with van der Waals surface area (Å²) in [7, 11) is -1.90.